The molecule has 0 N–H and O–H groups in total. The predicted molar refractivity (Wildman–Crippen MR) is 59.7 cm³/mol. The minimum absolute atomic E-state index is 0.832. The summed E-state index contributed by atoms with van der Waals surface area (Å²) in [6.45, 7) is 14.6. The van der Waals surface area contributed by atoms with Crippen LogP contribution in [-0.2, 0) is 0 Å². The molecule has 0 heterocycles. The Hall–Kier alpha value is 0.941. The fourth-order valence-electron chi connectivity index (χ4n) is 0.597. The molecule has 10 heavy (non-hydrogen) atoms. The highest BCUT2D eigenvalue weighted by Gasteiger charge is 2.41. The van der Waals surface area contributed by atoms with E-state index in [-0.39, 0.29) is 0 Å². The molecule has 0 saturated heterocycles. The zero-order valence-electron chi connectivity index (χ0n) is 7.96. The standard InChI is InChI=1S/C6H19ClSi3/c1-8(7)10(5,6)9(2,3)4/h8H,1-6H3. The molecule has 62 valence electrons. The Kier molecular flexibility index (Phi) is 3.42. The second-order valence-electron chi connectivity index (χ2n) is 4.59. The van der Waals surface area contributed by atoms with Crippen molar-refractivity contribution in [1.82, 2.24) is 0 Å². The first-order valence-corrected chi connectivity index (χ1v) is 16.0. The Morgan fingerprint density at radius 1 is 1.00 bits per heavy atom. The first-order chi connectivity index (χ1) is 4.19. The minimum atomic E-state index is -0.939. The van der Waals surface area contributed by atoms with Crippen LogP contribution < -0.4 is 0 Å². The third-order valence-corrected chi connectivity index (χ3v) is 44.6. The van der Waals surface area contributed by atoms with Gasteiger partial charge in [0.2, 0.25) is 0 Å². The van der Waals surface area contributed by atoms with Crippen molar-refractivity contribution in [1.29, 1.82) is 0 Å². The molecular formula is C6H19ClSi3. The number of hydrogen-bond donors (Lipinski definition) is 0. The summed E-state index contributed by atoms with van der Waals surface area (Å²) >= 11 is 6.29. The summed E-state index contributed by atoms with van der Waals surface area (Å²) in [6, 6.07) is 0. The van der Waals surface area contributed by atoms with Gasteiger partial charge in [0.1, 0.15) is 7.62 Å². The summed E-state index contributed by atoms with van der Waals surface area (Å²) in [6.07, 6.45) is 0. The van der Waals surface area contributed by atoms with E-state index in [2.05, 4.69) is 39.3 Å². The van der Waals surface area contributed by atoms with Crippen LogP contribution in [0.4, 0.5) is 0 Å². The van der Waals surface area contributed by atoms with E-state index in [1.807, 2.05) is 0 Å². The second-order valence-corrected chi connectivity index (χ2v) is 33.9. The van der Waals surface area contributed by atoms with Gasteiger partial charge in [0.25, 0.3) is 0 Å². The molecule has 0 bridgehead atoms. The SMILES string of the molecule is C[SiH](Cl)[Si](C)(C)[Si](C)(C)C. The highest BCUT2D eigenvalue weighted by molar-refractivity contribution is 7.71. The van der Waals surface area contributed by atoms with Crippen LogP contribution in [0.2, 0.25) is 39.3 Å². The van der Waals surface area contributed by atoms with Crippen molar-refractivity contribution in [2.75, 3.05) is 0 Å². The van der Waals surface area contributed by atoms with Crippen molar-refractivity contribution in [2.24, 2.45) is 0 Å². The summed E-state index contributed by atoms with van der Waals surface area (Å²) < 4.78 is 0. The zero-order valence-corrected chi connectivity index (χ0v) is 11.9. The molecule has 0 aromatic heterocycles. The van der Waals surface area contributed by atoms with Crippen molar-refractivity contribution < 1.29 is 0 Å². The fraction of sp³-hybridized carbons (Fsp3) is 1.00. The van der Waals surface area contributed by atoms with E-state index in [1.54, 1.807) is 0 Å². The van der Waals surface area contributed by atoms with E-state index >= 15 is 0 Å². The first kappa shape index (κ1) is 10.9. The van der Waals surface area contributed by atoms with E-state index in [1.165, 1.54) is 0 Å². The van der Waals surface area contributed by atoms with Crippen molar-refractivity contribution in [3.63, 3.8) is 0 Å². The quantitative estimate of drug-likeness (QED) is 0.486. The molecule has 0 saturated carbocycles. The van der Waals surface area contributed by atoms with Crippen LogP contribution in [0, 0.1) is 0 Å². The third kappa shape index (κ3) is 2.22. The van der Waals surface area contributed by atoms with Gasteiger partial charge in [-0.25, -0.2) is 0 Å². The lowest BCUT2D eigenvalue weighted by molar-refractivity contribution is 1.78. The summed E-state index contributed by atoms with van der Waals surface area (Å²) in [5, 5.41) is 0. The molecule has 0 radical (unpaired) electrons. The summed E-state index contributed by atoms with van der Waals surface area (Å²) in [5.41, 5.74) is 0. The van der Waals surface area contributed by atoms with E-state index in [4.69, 9.17) is 11.1 Å². The Morgan fingerprint density at radius 3 is 1.30 bits per heavy atom. The maximum Gasteiger partial charge on any atom is 0.126 e. The molecule has 0 fully saturated rings. The predicted octanol–water partition coefficient (Wildman–Crippen LogP) is 2.78. The van der Waals surface area contributed by atoms with Gasteiger partial charge in [-0.05, 0) is 0 Å². The van der Waals surface area contributed by atoms with Crippen LogP contribution >= 0.6 is 11.1 Å². The normalized spacial score (nSPS) is 17.1. The number of rotatable bonds is 2. The lowest BCUT2D eigenvalue weighted by Crippen LogP contribution is -2.60. The van der Waals surface area contributed by atoms with Gasteiger partial charge >= 0.3 is 0 Å². The molecule has 0 spiro atoms. The van der Waals surface area contributed by atoms with Crippen LogP contribution in [0.25, 0.3) is 0 Å². The maximum absolute atomic E-state index is 6.29. The van der Waals surface area contributed by atoms with Crippen LogP contribution in [0.15, 0.2) is 0 Å². The molecule has 0 rings (SSSR count). The van der Waals surface area contributed by atoms with Crippen LogP contribution in [-0.4, -0.2) is 22.3 Å². The Labute approximate surface area is 72.9 Å². The van der Waals surface area contributed by atoms with Crippen molar-refractivity contribution in [3.05, 3.63) is 0 Å². The van der Waals surface area contributed by atoms with Crippen LogP contribution in [0.1, 0.15) is 0 Å². The fourth-order valence-corrected chi connectivity index (χ4v) is 24.9. The van der Waals surface area contributed by atoms with E-state index in [9.17, 15) is 0 Å². The van der Waals surface area contributed by atoms with Gasteiger partial charge in [-0.2, -0.15) is 11.1 Å². The maximum atomic E-state index is 6.29. The van der Waals surface area contributed by atoms with Gasteiger partial charge < -0.3 is 0 Å². The Morgan fingerprint density at radius 2 is 1.30 bits per heavy atom. The average molecular weight is 211 g/mol. The topological polar surface area (TPSA) is 0 Å². The Bertz CT molecular complexity index is 115. The summed E-state index contributed by atoms with van der Waals surface area (Å²) in [5.74, 6) is 0. The Balaban J connectivity index is 4.40. The summed E-state index contributed by atoms with van der Waals surface area (Å²) in [4.78, 5) is 0. The first-order valence-electron chi connectivity index (χ1n) is 3.83. The molecule has 4 heteroatoms. The lowest BCUT2D eigenvalue weighted by atomic mass is 11.8. The zero-order chi connectivity index (χ0) is 8.58. The summed E-state index contributed by atoms with van der Waals surface area (Å²) in [7, 11) is -2.65. The van der Waals surface area contributed by atoms with Gasteiger partial charge in [-0.3, -0.25) is 0 Å². The van der Waals surface area contributed by atoms with Crippen molar-refractivity contribution >= 4 is 33.4 Å². The van der Waals surface area contributed by atoms with Crippen molar-refractivity contribution in [2.45, 2.75) is 39.3 Å². The number of hydrogen-bond acceptors (Lipinski definition) is 0. The highest BCUT2D eigenvalue weighted by atomic mass is 35.6. The molecular weight excluding hydrogens is 192 g/mol. The smallest absolute Gasteiger partial charge is 0.126 e. The van der Waals surface area contributed by atoms with Gasteiger partial charge in [0.05, 0.1) is 7.11 Å². The molecule has 1 atom stereocenters. The second kappa shape index (κ2) is 3.13. The van der Waals surface area contributed by atoms with Gasteiger partial charge in [-0.1, -0.05) is 39.3 Å². The monoisotopic (exact) mass is 210 g/mol. The number of halogens is 1. The van der Waals surface area contributed by atoms with E-state index in [0.29, 0.717) is 0 Å². The molecule has 0 amide bonds. The molecule has 0 aromatic rings. The van der Waals surface area contributed by atoms with E-state index < -0.39 is 22.3 Å². The van der Waals surface area contributed by atoms with Crippen LogP contribution in [0.3, 0.4) is 0 Å². The van der Waals surface area contributed by atoms with E-state index in [0.717, 1.165) is 0 Å². The van der Waals surface area contributed by atoms with Gasteiger partial charge in [0, 0.05) is 7.59 Å². The third-order valence-electron chi connectivity index (χ3n) is 2.93. The largest absolute Gasteiger partial charge is 0.176 e. The molecule has 0 aliphatic carbocycles. The molecule has 0 nitrogen and oxygen atoms in total. The lowest BCUT2D eigenvalue weighted by Gasteiger charge is -2.36. The minimum Gasteiger partial charge on any atom is -0.176 e. The van der Waals surface area contributed by atoms with Gasteiger partial charge in [0.15, 0.2) is 0 Å². The molecule has 0 aliphatic heterocycles. The highest BCUT2D eigenvalue weighted by Crippen LogP contribution is 2.22. The van der Waals surface area contributed by atoms with Crippen LogP contribution in [0.5, 0.6) is 0 Å². The average Bonchev–Trinajstić information content (AvgIpc) is 1.62. The molecule has 0 aliphatic rings. The molecule has 0 aromatic carbocycles. The molecule has 1 unspecified atom stereocenters. The van der Waals surface area contributed by atoms with Gasteiger partial charge in [-0.15, -0.1) is 0 Å². The van der Waals surface area contributed by atoms with Crippen molar-refractivity contribution in [3.8, 4) is 0 Å².